The van der Waals surface area contributed by atoms with Crippen LogP contribution in [0.2, 0.25) is 0 Å². The smallest absolute Gasteiger partial charge is 0.309 e. The van der Waals surface area contributed by atoms with Crippen molar-refractivity contribution < 1.29 is 9.53 Å². The molecule has 2 rings (SSSR count). The highest BCUT2D eigenvalue weighted by molar-refractivity contribution is 5.76. The third kappa shape index (κ3) is 1.05. The van der Waals surface area contributed by atoms with Crippen LogP contribution in [0.5, 0.6) is 0 Å². The Kier molecular flexibility index (Phi) is 1.63. The molecule has 2 fully saturated rings. The standard InChI is InChI=1S/C9H14O2/c1-2-11-9(10)8-6-4-3-5-7(6)8/h6-8H,2-5H2,1H3/t6-,7-/m0/s1. The van der Waals surface area contributed by atoms with E-state index in [1.54, 1.807) is 0 Å². The predicted octanol–water partition coefficient (Wildman–Crippen LogP) is 1.60. The minimum absolute atomic E-state index is 0.0576. The summed E-state index contributed by atoms with van der Waals surface area (Å²) in [4.78, 5) is 11.2. The van der Waals surface area contributed by atoms with E-state index < -0.39 is 0 Å². The molecule has 62 valence electrons. The zero-order valence-electron chi connectivity index (χ0n) is 6.88. The van der Waals surface area contributed by atoms with Crippen molar-refractivity contribution in [3.8, 4) is 0 Å². The molecule has 0 aromatic carbocycles. The maximum atomic E-state index is 11.2. The number of esters is 1. The summed E-state index contributed by atoms with van der Waals surface area (Å²) in [5.41, 5.74) is 0. The number of fused-ring (bicyclic) bond motifs is 1. The van der Waals surface area contributed by atoms with E-state index in [1.165, 1.54) is 19.3 Å². The van der Waals surface area contributed by atoms with Gasteiger partial charge >= 0.3 is 5.97 Å². The van der Waals surface area contributed by atoms with Crippen LogP contribution in [0.4, 0.5) is 0 Å². The second-order valence-electron chi connectivity index (χ2n) is 3.54. The maximum Gasteiger partial charge on any atom is 0.309 e. The van der Waals surface area contributed by atoms with Crippen molar-refractivity contribution in [2.75, 3.05) is 6.61 Å². The van der Waals surface area contributed by atoms with Crippen LogP contribution in [0.3, 0.4) is 0 Å². The first-order valence-electron chi connectivity index (χ1n) is 4.51. The van der Waals surface area contributed by atoms with Gasteiger partial charge in [-0.3, -0.25) is 4.79 Å². The van der Waals surface area contributed by atoms with Gasteiger partial charge < -0.3 is 4.74 Å². The fourth-order valence-electron chi connectivity index (χ4n) is 2.41. The molecule has 2 heteroatoms. The first kappa shape index (κ1) is 7.14. The van der Waals surface area contributed by atoms with Crippen molar-refractivity contribution >= 4 is 5.97 Å². The number of hydrogen-bond acceptors (Lipinski definition) is 2. The Morgan fingerprint density at radius 1 is 1.45 bits per heavy atom. The molecule has 2 nitrogen and oxygen atoms in total. The average molecular weight is 154 g/mol. The molecule has 0 spiro atoms. The monoisotopic (exact) mass is 154 g/mol. The lowest BCUT2D eigenvalue weighted by atomic mass is 10.1. The van der Waals surface area contributed by atoms with Gasteiger partial charge in [-0.1, -0.05) is 6.42 Å². The van der Waals surface area contributed by atoms with E-state index in [9.17, 15) is 4.79 Å². The van der Waals surface area contributed by atoms with Crippen molar-refractivity contribution in [1.82, 2.24) is 0 Å². The van der Waals surface area contributed by atoms with Crippen molar-refractivity contribution in [2.45, 2.75) is 26.2 Å². The fraction of sp³-hybridized carbons (Fsp3) is 0.889. The third-order valence-corrected chi connectivity index (χ3v) is 2.97. The zero-order chi connectivity index (χ0) is 7.84. The van der Waals surface area contributed by atoms with E-state index in [-0.39, 0.29) is 5.97 Å². The van der Waals surface area contributed by atoms with Gasteiger partial charge in [-0.25, -0.2) is 0 Å². The summed E-state index contributed by atoms with van der Waals surface area (Å²) in [6, 6.07) is 0. The number of rotatable bonds is 2. The minimum Gasteiger partial charge on any atom is -0.466 e. The molecule has 0 aromatic heterocycles. The van der Waals surface area contributed by atoms with Gasteiger partial charge in [-0.05, 0) is 31.6 Å². The fourth-order valence-corrected chi connectivity index (χ4v) is 2.41. The van der Waals surface area contributed by atoms with Gasteiger partial charge in [0.2, 0.25) is 0 Å². The van der Waals surface area contributed by atoms with Crippen molar-refractivity contribution in [1.29, 1.82) is 0 Å². The van der Waals surface area contributed by atoms with E-state index in [1.807, 2.05) is 6.92 Å². The highest BCUT2D eigenvalue weighted by Crippen LogP contribution is 2.57. The number of carbonyl (C=O) groups excluding carboxylic acids is 1. The SMILES string of the molecule is CCOC(=O)C1[C@H]2CCC[C@H]12. The van der Waals surface area contributed by atoms with Gasteiger partial charge in [0.05, 0.1) is 12.5 Å². The molecular weight excluding hydrogens is 140 g/mol. The Balaban J connectivity index is 1.85. The molecule has 0 aliphatic heterocycles. The van der Waals surface area contributed by atoms with Crippen LogP contribution in [-0.4, -0.2) is 12.6 Å². The van der Waals surface area contributed by atoms with Crippen LogP contribution in [0.1, 0.15) is 26.2 Å². The first-order chi connectivity index (χ1) is 5.34. The van der Waals surface area contributed by atoms with E-state index in [0.717, 1.165) is 0 Å². The van der Waals surface area contributed by atoms with Gasteiger partial charge in [0.1, 0.15) is 0 Å². The van der Waals surface area contributed by atoms with Gasteiger partial charge in [0, 0.05) is 0 Å². The maximum absolute atomic E-state index is 11.2. The summed E-state index contributed by atoms with van der Waals surface area (Å²) in [6.07, 6.45) is 3.84. The van der Waals surface area contributed by atoms with Crippen LogP contribution < -0.4 is 0 Å². The molecule has 0 unspecified atom stereocenters. The molecule has 0 N–H and O–H groups in total. The van der Waals surface area contributed by atoms with Gasteiger partial charge in [0.15, 0.2) is 0 Å². The highest BCUT2D eigenvalue weighted by Gasteiger charge is 2.57. The molecule has 0 aromatic rings. The lowest BCUT2D eigenvalue weighted by Crippen LogP contribution is -2.09. The molecule has 2 aliphatic rings. The lowest BCUT2D eigenvalue weighted by Gasteiger charge is -2.01. The third-order valence-electron chi connectivity index (χ3n) is 2.97. The van der Waals surface area contributed by atoms with E-state index in [2.05, 4.69) is 0 Å². The van der Waals surface area contributed by atoms with Crippen LogP contribution >= 0.6 is 0 Å². The van der Waals surface area contributed by atoms with E-state index >= 15 is 0 Å². The van der Waals surface area contributed by atoms with Gasteiger partial charge in [-0.2, -0.15) is 0 Å². The van der Waals surface area contributed by atoms with Gasteiger partial charge in [-0.15, -0.1) is 0 Å². The largest absolute Gasteiger partial charge is 0.466 e. The first-order valence-corrected chi connectivity index (χ1v) is 4.51. The Labute approximate surface area is 66.9 Å². The Bertz CT molecular complexity index is 166. The number of carbonyl (C=O) groups is 1. The Morgan fingerprint density at radius 3 is 2.64 bits per heavy atom. The quantitative estimate of drug-likeness (QED) is 0.565. The van der Waals surface area contributed by atoms with Crippen LogP contribution in [0.25, 0.3) is 0 Å². The molecule has 0 saturated heterocycles. The highest BCUT2D eigenvalue weighted by atomic mass is 16.5. The van der Waals surface area contributed by atoms with Crippen LogP contribution in [0, 0.1) is 17.8 Å². The summed E-state index contributed by atoms with van der Waals surface area (Å²) in [6.45, 7) is 2.41. The van der Waals surface area contributed by atoms with E-state index in [4.69, 9.17) is 4.74 Å². The predicted molar refractivity (Wildman–Crippen MR) is 41.0 cm³/mol. The number of hydrogen-bond donors (Lipinski definition) is 0. The minimum atomic E-state index is 0.0576. The molecule has 11 heavy (non-hydrogen) atoms. The average Bonchev–Trinajstić information content (AvgIpc) is 2.47. The van der Waals surface area contributed by atoms with Gasteiger partial charge in [0.25, 0.3) is 0 Å². The second-order valence-corrected chi connectivity index (χ2v) is 3.54. The summed E-state index contributed by atoms with van der Waals surface area (Å²) in [5.74, 6) is 1.76. The molecule has 0 bridgehead atoms. The lowest BCUT2D eigenvalue weighted by molar-refractivity contribution is -0.145. The zero-order valence-corrected chi connectivity index (χ0v) is 6.88. The second kappa shape index (κ2) is 2.50. The molecule has 0 amide bonds. The van der Waals surface area contributed by atoms with E-state index in [0.29, 0.717) is 24.4 Å². The van der Waals surface area contributed by atoms with Crippen molar-refractivity contribution in [2.24, 2.45) is 17.8 Å². The molecule has 0 heterocycles. The summed E-state index contributed by atoms with van der Waals surface area (Å²) >= 11 is 0. The van der Waals surface area contributed by atoms with Crippen molar-refractivity contribution in [3.63, 3.8) is 0 Å². The molecule has 2 saturated carbocycles. The Morgan fingerprint density at radius 2 is 2.09 bits per heavy atom. The molecular formula is C9H14O2. The normalized spacial score (nSPS) is 39.9. The summed E-state index contributed by atoms with van der Waals surface area (Å²) < 4.78 is 4.96. The molecule has 2 atom stereocenters. The summed E-state index contributed by atoms with van der Waals surface area (Å²) in [7, 11) is 0. The summed E-state index contributed by atoms with van der Waals surface area (Å²) in [5, 5.41) is 0. The topological polar surface area (TPSA) is 26.3 Å². The van der Waals surface area contributed by atoms with Crippen molar-refractivity contribution in [3.05, 3.63) is 0 Å². The molecule has 0 radical (unpaired) electrons. The molecule has 2 aliphatic carbocycles. The van der Waals surface area contributed by atoms with Crippen LogP contribution in [0.15, 0.2) is 0 Å². The van der Waals surface area contributed by atoms with Crippen LogP contribution in [-0.2, 0) is 9.53 Å². The number of ether oxygens (including phenoxy) is 1. The Hall–Kier alpha value is -0.530.